The molecule has 0 bridgehead atoms. The van der Waals surface area contributed by atoms with Crippen molar-refractivity contribution in [3.63, 3.8) is 0 Å². The molecule has 0 radical (unpaired) electrons. The summed E-state index contributed by atoms with van der Waals surface area (Å²) in [4.78, 5) is 11.8. The summed E-state index contributed by atoms with van der Waals surface area (Å²) in [5.41, 5.74) is 1.46. The van der Waals surface area contributed by atoms with Crippen LogP contribution in [0.4, 0.5) is 5.69 Å². The van der Waals surface area contributed by atoms with Crippen LogP contribution in [0.2, 0.25) is 0 Å². The third kappa shape index (κ3) is 3.71. The van der Waals surface area contributed by atoms with Crippen molar-refractivity contribution in [2.24, 2.45) is 5.92 Å². The zero-order valence-corrected chi connectivity index (χ0v) is 11.6. The van der Waals surface area contributed by atoms with Crippen LogP contribution in [0.25, 0.3) is 0 Å². The molecule has 1 unspecified atom stereocenters. The van der Waals surface area contributed by atoms with Crippen LogP contribution >= 0.6 is 12.4 Å². The molecule has 1 fully saturated rings. The predicted octanol–water partition coefficient (Wildman–Crippen LogP) is 2.04. The van der Waals surface area contributed by atoms with Gasteiger partial charge in [-0.05, 0) is 45.7 Å². The van der Waals surface area contributed by atoms with Crippen LogP contribution in [0.1, 0.15) is 30.7 Å². The van der Waals surface area contributed by atoms with Gasteiger partial charge in [0.25, 0.3) is 0 Å². The van der Waals surface area contributed by atoms with E-state index in [0.29, 0.717) is 18.1 Å². The van der Waals surface area contributed by atoms with Gasteiger partial charge in [0.1, 0.15) is 11.4 Å². The van der Waals surface area contributed by atoms with E-state index in [1.807, 2.05) is 6.92 Å². The largest absolute Gasteiger partial charge is 0.359 e. The number of anilines is 1. The molecule has 2 rings (SSSR count). The Morgan fingerprint density at radius 2 is 2.33 bits per heavy atom. The van der Waals surface area contributed by atoms with Gasteiger partial charge >= 0.3 is 0 Å². The predicted molar refractivity (Wildman–Crippen MR) is 72.1 cm³/mol. The first kappa shape index (κ1) is 15.0. The third-order valence-electron chi connectivity index (χ3n) is 3.24. The van der Waals surface area contributed by atoms with Crippen LogP contribution in [0.15, 0.2) is 4.52 Å². The van der Waals surface area contributed by atoms with Gasteiger partial charge < -0.3 is 15.2 Å². The third-order valence-corrected chi connectivity index (χ3v) is 3.24. The first-order valence-corrected chi connectivity index (χ1v) is 6.10. The number of aryl methyl sites for hydroxylation is 2. The van der Waals surface area contributed by atoms with Gasteiger partial charge in [-0.2, -0.15) is 0 Å². The molecular formula is C12H20ClN3O2. The van der Waals surface area contributed by atoms with Gasteiger partial charge in [0.15, 0.2) is 5.76 Å². The van der Waals surface area contributed by atoms with Crippen LogP contribution in [-0.4, -0.2) is 24.2 Å². The van der Waals surface area contributed by atoms with E-state index in [0.717, 1.165) is 30.9 Å². The van der Waals surface area contributed by atoms with E-state index in [1.54, 1.807) is 6.92 Å². The minimum Gasteiger partial charge on any atom is -0.359 e. The number of aromatic nitrogens is 1. The maximum absolute atomic E-state index is 11.8. The van der Waals surface area contributed by atoms with Crippen LogP contribution in [-0.2, 0) is 4.79 Å². The minimum absolute atomic E-state index is 0. The maximum atomic E-state index is 11.8. The number of amides is 1. The number of hydrogen-bond acceptors (Lipinski definition) is 4. The molecule has 0 aliphatic carbocycles. The fourth-order valence-corrected chi connectivity index (χ4v) is 2.16. The van der Waals surface area contributed by atoms with Gasteiger partial charge in [0, 0.05) is 6.42 Å². The molecule has 1 aliphatic heterocycles. The minimum atomic E-state index is 0. The number of rotatable bonds is 4. The Morgan fingerprint density at radius 3 is 2.89 bits per heavy atom. The highest BCUT2D eigenvalue weighted by Gasteiger charge is 2.17. The molecule has 1 atom stereocenters. The normalized spacial score (nSPS) is 18.4. The zero-order chi connectivity index (χ0) is 12.3. The Bertz CT molecular complexity index is 381. The quantitative estimate of drug-likeness (QED) is 0.881. The number of halogens is 1. The average molecular weight is 274 g/mol. The molecule has 2 heterocycles. The number of hydrogen-bond donors (Lipinski definition) is 2. The molecule has 2 N–H and O–H groups in total. The Labute approximate surface area is 113 Å². The van der Waals surface area contributed by atoms with Crippen molar-refractivity contribution in [3.8, 4) is 0 Å². The standard InChI is InChI=1S/C12H19N3O2.ClH/c1-8-12(9(2)17-15-8)14-11(16)4-3-10-5-6-13-7-10;/h10,13H,3-7H2,1-2H3,(H,14,16);1H. The Balaban J connectivity index is 0.00000162. The molecule has 5 nitrogen and oxygen atoms in total. The summed E-state index contributed by atoms with van der Waals surface area (Å²) in [6, 6.07) is 0. The number of nitrogens with one attached hydrogen (secondary N) is 2. The summed E-state index contributed by atoms with van der Waals surface area (Å²) in [6.07, 6.45) is 2.69. The fraction of sp³-hybridized carbons (Fsp3) is 0.667. The van der Waals surface area contributed by atoms with E-state index in [1.165, 1.54) is 6.42 Å². The Hall–Kier alpha value is -1.07. The lowest BCUT2D eigenvalue weighted by Gasteiger charge is -2.08. The van der Waals surface area contributed by atoms with Crippen LogP contribution < -0.4 is 10.6 Å². The molecule has 1 amide bonds. The number of carbonyl (C=O) groups is 1. The Morgan fingerprint density at radius 1 is 1.56 bits per heavy atom. The molecule has 0 spiro atoms. The molecule has 1 saturated heterocycles. The van der Waals surface area contributed by atoms with Crippen molar-refractivity contribution in [3.05, 3.63) is 11.5 Å². The van der Waals surface area contributed by atoms with E-state index in [4.69, 9.17) is 4.52 Å². The number of carbonyl (C=O) groups excluding carboxylic acids is 1. The summed E-state index contributed by atoms with van der Waals surface area (Å²) in [5.74, 6) is 1.36. The molecule has 18 heavy (non-hydrogen) atoms. The summed E-state index contributed by atoms with van der Waals surface area (Å²) in [7, 11) is 0. The van der Waals surface area contributed by atoms with Crippen molar-refractivity contribution in [1.29, 1.82) is 0 Å². The lowest BCUT2D eigenvalue weighted by Crippen LogP contribution is -2.15. The molecule has 0 saturated carbocycles. The zero-order valence-electron chi connectivity index (χ0n) is 10.8. The lowest BCUT2D eigenvalue weighted by atomic mass is 10.0. The van der Waals surface area contributed by atoms with Gasteiger partial charge in [0.2, 0.25) is 5.91 Å². The topological polar surface area (TPSA) is 67.2 Å². The highest BCUT2D eigenvalue weighted by atomic mass is 35.5. The second kappa shape index (κ2) is 6.75. The van der Waals surface area contributed by atoms with E-state index in [-0.39, 0.29) is 18.3 Å². The molecular weight excluding hydrogens is 254 g/mol. The summed E-state index contributed by atoms with van der Waals surface area (Å²) in [5, 5.41) is 9.98. The van der Waals surface area contributed by atoms with E-state index >= 15 is 0 Å². The van der Waals surface area contributed by atoms with Crippen molar-refractivity contribution >= 4 is 24.0 Å². The molecule has 1 aromatic rings. The highest BCUT2D eigenvalue weighted by Crippen LogP contribution is 2.20. The molecule has 102 valence electrons. The van der Waals surface area contributed by atoms with E-state index in [2.05, 4.69) is 15.8 Å². The first-order chi connectivity index (χ1) is 8.16. The van der Waals surface area contributed by atoms with Crippen LogP contribution in [0.5, 0.6) is 0 Å². The molecule has 1 aliphatic rings. The fourth-order valence-electron chi connectivity index (χ4n) is 2.16. The van der Waals surface area contributed by atoms with Gasteiger partial charge in [-0.15, -0.1) is 12.4 Å². The summed E-state index contributed by atoms with van der Waals surface area (Å²) >= 11 is 0. The maximum Gasteiger partial charge on any atom is 0.224 e. The van der Waals surface area contributed by atoms with Gasteiger partial charge in [0.05, 0.1) is 0 Å². The van der Waals surface area contributed by atoms with Crippen LogP contribution in [0, 0.1) is 19.8 Å². The van der Waals surface area contributed by atoms with Gasteiger partial charge in [-0.3, -0.25) is 4.79 Å². The second-order valence-electron chi connectivity index (χ2n) is 4.64. The van der Waals surface area contributed by atoms with Crippen molar-refractivity contribution in [1.82, 2.24) is 10.5 Å². The lowest BCUT2D eigenvalue weighted by molar-refractivity contribution is -0.116. The highest BCUT2D eigenvalue weighted by molar-refractivity contribution is 5.91. The van der Waals surface area contributed by atoms with Crippen molar-refractivity contribution in [2.45, 2.75) is 33.1 Å². The SMILES string of the molecule is Cc1noc(C)c1NC(=O)CCC1CCNC1.Cl. The summed E-state index contributed by atoms with van der Waals surface area (Å²) in [6.45, 7) is 5.75. The average Bonchev–Trinajstić information content (AvgIpc) is 2.91. The van der Waals surface area contributed by atoms with Gasteiger partial charge in [-0.1, -0.05) is 5.16 Å². The summed E-state index contributed by atoms with van der Waals surface area (Å²) < 4.78 is 5.00. The van der Waals surface area contributed by atoms with Crippen molar-refractivity contribution < 1.29 is 9.32 Å². The van der Waals surface area contributed by atoms with E-state index in [9.17, 15) is 4.79 Å². The second-order valence-corrected chi connectivity index (χ2v) is 4.64. The van der Waals surface area contributed by atoms with Crippen LogP contribution in [0.3, 0.4) is 0 Å². The Kier molecular flexibility index (Phi) is 5.62. The smallest absolute Gasteiger partial charge is 0.224 e. The van der Waals surface area contributed by atoms with Gasteiger partial charge in [-0.25, -0.2) is 0 Å². The molecule has 1 aromatic heterocycles. The number of nitrogens with zero attached hydrogens (tertiary/aromatic N) is 1. The molecule has 0 aromatic carbocycles. The first-order valence-electron chi connectivity index (χ1n) is 6.10. The van der Waals surface area contributed by atoms with Crippen molar-refractivity contribution in [2.75, 3.05) is 18.4 Å². The monoisotopic (exact) mass is 273 g/mol. The van der Waals surface area contributed by atoms with E-state index < -0.39 is 0 Å². The molecule has 6 heteroatoms.